The maximum absolute atomic E-state index is 13.1. The molecule has 1 amide bonds. The van der Waals surface area contributed by atoms with Crippen LogP contribution in [0.1, 0.15) is 15.5 Å². The number of thiophene rings is 1. The Labute approximate surface area is 212 Å². The molecule has 5 aromatic heterocycles. The molecule has 176 valence electrons. The van der Waals surface area contributed by atoms with E-state index < -0.39 is 5.91 Å². The van der Waals surface area contributed by atoms with Crippen molar-refractivity contribution in [3.05, 3.63) is 83.4 Å². The lowest BCUT2D eigenvalue weighted by molar-refractivity contribution is 0.0946. The molecule has 0 aliphatic carbocycles. The van der Waals surface area contributed by atoms with Gasteiger partial charge in [0.1, 0.15) is 17.0 Å². The van der Waals surface area contributed by atoms with Crippen molar-refractivity contribution in [1.29, 1.82) is 0 Å². The lowest BCUT2D eigenvalue weighted by Crippen LogP contribution is -2.25. The van der Waals surface area contributed by atoms with E-state index in [0.717, 1.165) is 31.2 Å². The monoisotopic (exact) mass is 511 g/mol. The minimum Gasteiger partial charge on any atom is -0.443 e. The molecule has 0 saturated carbocycles. The Morgan fingerprint density at radius 3 is 2.78 bits per heavy atom. The van der Waals surface area contributed by atoms with Gasteiger partial charge in [-0.05, 0) is 29.6 Å². The van der Waals surface area contributed by atoms with Crippen LogP contribution in [0.4, 0.5) is 5.82 Å². The maximum Gasteiger partial charge on any atom is 0.274 e. The molecule has 3 N–H and O–H groups in total. The normalized spacial score (nSPS) is 11.1. The summed E-state index contributed by atoms with van der Waals surface area (Å²) in [6.07, 6.45) is 6.50. The predicted octanol–water partition coefficient (Wildman–Crippen LogP) is 5.04. The number of thiazole rings is 1. The molecule has 6 aromatic rings. The van der Waals surface area contributed by atoms with Gasteiger partial charge in [0.05, 0.1) is 23.1 Å². The van der Waals surface area contributed by atoms with Crippen LogP contribution in [0.5, 0.6) is 0 Å². The highest BCUT2D eigenvalue weighted by atomic mass is 32.1. The molecule has 0 spiro atoms. The average molecular weight is 512 g/mol. The van der Waals surface area contributed by atoms with E-state index in [-0.39, 0.29) is 23.9 Å². The molecule has 0 aliphatic heterocycles. The topological polar surface area (TPSA) is 133 Å². The molecule has 6 rings (SSSR count). The number of pyridine rings is 1. The minimum atomic E-state index is -0.449. The lowest BCUT2D eigenvalue weighted by atomic mass is 10.1. The molecule has 0 aliphatic rings. The van der Waals surface area contributed by atoms with Crippen molar-refractivity contribution in [1.82, 2.24) is 30.2 Å². The zero-order valence-corrected chi connectivity index (χ0v) is 20.2. The highest BCUT2D eigenvalue weighted by molar-refractivity contribution is 7.21. The number of oxazole rings is 1. The van der Waals surface area contributed by atoms with Crippen molar-refractivity contribution < 1.29 is 9.21 Å². The van der Waals surface area contributed by atoms with Crippen LogP contribution in [0.3, 0.4) is 0 Å². The van der Waals surface area contributed by atoms with E-state index in [9.17, 15) is 4.79 Å². The second kappa shape index (κ2) is 9.29. The summed E-state index contributed by atoms with van der Waals surface area (Å²) in [6.45, 7) is 0.245. The predicted molar refractivity (Wildman–Crippen MR) is 139 cm³/mol. The molecular weight excluding hydrogens is 494 g/mol. The fourth-order valence-corrected chi connectivity index (χ4v) is 5.37. The third-order valence-electron chi connectivity index (χ3n) is 5.37. The first-order chi connectivity index (χ1) is 17.7. The van der Waals surface area contributed by atoms with Crippen LogP contribution in [-0.4, -0.2) is 30.8 Å². The third-order valence-corrected chi connectivity index (χ3v) is 7.43. The summed E-state index contributed by atoms with van der Waals surface area (Å²) in [5, 5.41) is 6.57. The van der Waals surface area contributed by atoms with Crippen LogP contribution in [-0.2, 0) is 6.54 Å². The van der Waals surface area contributed by atoms with Crippen LogP contribution >= 0.6 is 22.7 Å². The highest BCUT2D eigenvalue weighted by Gasteiger charge is 2.22. The van der Waals surface area contributed by atoms with Crippen LogP contribution in [0.2, 0.25) is 0 Å². The number of nitrogens with zero attached hydrogens (tertiary/aromatic N) is 5. The van der Waals surface area contributed by atoms with E-state index >= 15 is 0 Å². The number of benzene rings is 1. The van der Waals surface area contributed by atoms with Crippen LogP contribution < -0.4 is 11.1 Å². The molecule has 0 unspecified atom stereocenters. The largest absolute Gasteiger partial charge is 0.443 e. The number of anilines is 1. The number of nitrogen functional groups attached to an aromatic ring is 1. The van der Waals surface area contributed by atoms with Crippen LogP contribution in [0.15, 0.2) is 77.1 Å². The average Bonchev–Trinajstić information content (AvgIpc) is 3.69. The van der Waals surface area contributed by atoms with Gasteiger partial charge in [-0.1, -0.05) is 18.2 Å². The first-order valence-electron chi connectivity index (χ1n) is 10.8. The second-order valence-corrected chi connectivity index (χ2v) is 9.74. The van der Waals surface area contributed by atoms with Crippen molar-refractivity contribution in [2.75, 3.05) is 5.73 Å². The van der Waals surface area contributed by atoms with Crippen molar-refractivity contribution in [2.45, 2.75) is 6.54 Å². The SMILES string of the molecule is Nc1nc(-c2ncco2)c(-c2ccc3ncccc3c2)nc1C(=O)NCc1ncc(-c2cccs2)s1. The van der Waals surface area contributed by atoms with Gasteiger partial charge >= 0.3 is 0 Å². The number of hydrogen-bond donors (Lipinski definition) is 2. The van der Waals surface area contributed by atoms with Gasteiger partial charge < -0.3 is 15.5 Å². The van der Waals surface area contributed by atoms with Gasteiger partial charge in [0.2, 0.25) is 5.89 Å². The molecule has 0 fully saturated rings. The quantitative estimate of drug-likeness (QED) is 0.318. The number of carbonyl (C=O) groups is 1. The van der Waals surface area contributed by atoms with Crippen molar-refractivity contribution in [3.8, 4) is 32.6 Å². The minimum absolute atomic E-state index is 0.0154. The van der Waals surface area contributed by atoms with E-state index in [1.807, 2.05) is 54.0 Å². The Morgan fingerprint density at radius 1 is 1.00 bits per heavy atom. The van der Waals surface area contributed by atoms with Crippen molar-refractivity contribution in [3.63, 3.8) is 0 Å². The fourth-order valence-electron chi connectivity index (χ4n) is 3.69. The molecule has 0 bridgehead atoms. The number of amides is 1. The maximum atomic E-state index is 13.1. The Balaban J connectivity index is 1.33. The number of fused-ring (bicyclic) bond motifs is 1. The van der Waals surface area contributed by atoms with Gasteiger partial charge in [0.15, 0.2) is 17.2 Å². The fraction of sp³-hybridized carbons (Fsp3) is 0.0400. The third kappa shape index (κ3) is 4.21. The highest BCUT2D eigenvalue weighted by Crippen LogP contribution is 2.32. The molecule has 0 radical (unpaired) electrons. The van der Waals surface area contributed by atoms with E-state index in [4.69, 9.17) is 10.2 Å². The molecule has 36 heavy (non-hydrogen) atoms. The molecule has 5 heterocycles. The molecular formula is C25H17N7O2S2. The zero-order valence-electron chi connectivity index (χ0n) is 18.6. The first-order valence-corrected chi connectivity index (χ1v) is 12.5. The Kier molecular flexibility index (Phi) is 5.68. The standard InChI is InChI=1S/C25H17N7O2S2/c26-23-22(24(33)30-13-19-29-12-18(36-19)17-4-2-10-35-17)31-20(21(32-23)25-28-8-9-34-25)15-5-6-16-14(11-15)3-1-7-27-16/h1-12H,13H2,(H2,26,32)(H,30,33). The number of nitrogens with two attached hydrogens (primary N) is 1. The number of carbonyl (C=O) groups excluding carboxylic acids is 1. The van der Waals surface area contributed by atoms with Gasteiger partial charge in [-0.15, -0.1) is 22.7 Å². The molecule has 9 nitrogen and oxygen atoms in total. The zero-order chi connectivity index (χ0) is 24.5. The Hall–Kier alpha value is -4.48. The number of rotatable bonds is 6. The summed E-state index contributed by atoms with van der Waals surface area (Å²) >= 11 is 3.17. The smallest absolute Gasteiger partial charge is 0.274 e. The number of aromatic nitrogens is 5. The van der Waals surface area contributed by atoms with Crippen molar-refractivity contribution in [2.24, 2.45) is 0 Å². The van der Waals surface area contributed by atoms with Crippen molar-refractivity contribution >= 4 is 45.3 Å². The second-order valence-electron chi connectivity index (χ2n) is 7.68. The van der Waals surface area contributed by atoms with E-state index in [0.29, 0.717) is 11.4 Å². The Bertz CT molecular complexity index is 1680. The summed E-state index contributed by atoms with van der Waals surface area (Å²) in [5.41, 5.74) is 8.53. The summed E-state index contributed by atoms with van der Waals surface area (Å²) in [5.74, 6) is -0.216. The number of hydrogen-bond acceptors (Lipinski definition) is 10. The molecule has 11 heteroatoms. The van der Waals surface area contributed by atoms with Gasteiger partial charge in [-0.2, -0.15) is 0 Å². The van der Waals surface area contributed by atoms with Gasteiger partial charge in [0, 0.05) is 28.2 Å². The molecule has 0 saturated heterocycles. The van der Waals surface area contributed by atoms with E-state index in [1.54, 1.807) is 17.5 Å². The summed E-state index contributed by atoms with van der Waals surface area (Å²) in [6, 6.07) is 13.5. The van der Waals surface area contributed by atoms with Crippen LogP contribution in [0, 0.1) is 0 Å². The summed E-state index contributed by atoms with van der Waals surface area (Å²) in [4.78, 5) is 37.4. The Morgan fingerprint density at radius 2 is 1.94 bits per heavy atom. The van der Waals surface area contributed by atoms with Gasteiger partial charge in [-0.25, -0.2) is 19.9 Å². The van der Waals surface area contributed by atoms with Crippen LogP contribution in [0.25, 0.3) is 43.5 Å². The molecule has 1 aromatic carbocycles. The summed E-state index contributed by atoms with van der Waals surface area (Å²) < 4.78 is 5.47. The summed E-state index contributed by atoms with van der Waals surface area (Å²) in [7, 11) is 0. The van der Waals surface area contributed by atoms with E-state index in [2.05, 4.69) is 30.2 Å². The molecule has 0 atom stereocenters. The lowest BCUT2D eigenvalue weighted by Gasteiger charge is -2.11. The van der Waals surface area contributed by atoms with E-state index in [1.165, 1.54) is 23.8 Å². The van der Waals surface area contributed by atoms with Gasteiger partial charge in [-0.3, -0.25) is 9.78 Å². The first kappa shape index (κ1) is 22.0. The van der Waals surface area contributed by atoms with Gasteiger partial charge in [0.25, 0.3) is 5.91 Å². The number of nitrogens with one attached hydrogen (secondary N) is 1.